The molecule has 7 heteroatoms. The molecule has 0 saturated carbocycles. The Hall–Kier alpha value is -0.0377. The zero-order valence-electron chi connectivity index (χ0n) is 19.4. The predicted octanol–water partition coefficient (Wildman–Crippen LogP) is 1.75. The van der Waals surface area contributed by atoms with Crippen molar-refractivity contribution in [3.05, 3.63) is 105 Å². The van der Waals surface area contributed by atoms with E-state index in [1.165, 1.54) is 49.7 Å². The van der Waals surface area contributed by atoms with Crippen molar-refractivity contribution in [1.29, 1.82) is 0 Å². The van der Waals surface area contributed by atoms with Crippen molar-refractivity contribution in [2.75, 3.05) is 0 Å². The van der Waals surface area contributed by atoms with Crippen LogP contribution in [-0.2, 0) is 40.8 Å². The molecule has 4 aromatic rings. The van der Waals surface area contributed by atoms with Gasteiger partial charge in [0.2, 0.25) is 0 Å². The van der Waals surface area contributed by atoms with Crippen LogP contribution in [0.25, 0.3) is 20.0 Å². The van der Waals surface area contributed by atoms with Crippen LogP contribution in [0.4, 0.5) is 0 Å². The Morgan fingerprint density at radius 3 is 1.26 bits per heavy atom. The zero-order chi connectivity index (χ0) is 22.9. The fourth-order valence-electron chi connectivity index (χ4n) is 4.27. The normalized spacial score (nSPS) is 12.2. The number of hydrogen-bond donors (Lipinski definition) is 0. The molecule has 0 amide bonds. The van der Waals surface area contributed by atoms with Gasteiger partial charge in [-0.3, -0.25) is 0 Å². The summed E-state index contributed by atoms with van der Waals surface area (Å²) in [4.78, 5) is 0. The number of hydrogen-bond acceptors (Lipinski definition) is 0. The third-order valence-electron chi connectivity index (χ3n) is 5.87. The second kappa shape index (κ2) is 16.7. The van der Waals surface area contributed by atoms with Gasteiger partial charge in [-0.2, -0.15) is 0 Å². The van der Waals surface area contributed by atoms with Gasteiger partial charge in [-0.15, -0.1) is 0 Å². The topological polar surface area (TPSA) is 0 Å². The molecule has 35 heavy (non-hydrogen) atoms. The van der Waals surface area contributed by atoms with E-state index in [2.05, 4.69) is 84.9 Å². The van der Waals surface area contributed by atoms with Gasteiger partial charge >= 0.3 is 227 Å². The Kier molecular flexibility index (Phi) is 14.9. The first-order chi connectivity index (χ1) is 16.3. The first-order valence-corrected chi connectivity index (χ1v) is 22.6. The van der Waals surface area contributed by atoms with Gasteiger partial charge < -0.3 is 24.8 Å². The van der Waals surface area contributed by atoms with Gasteiger partial charge in [-0.25, -0.2) is 0 Å². The van der Waals surface area contributed by atoms with Crippen molar-refractivity contribution in [2.24, 2.45) is 0 Å². The Balaban J connectivity index is 0.000000211. The van der Waals surface area contributed by atoms with E-state index < -0.39 is 15.1 Å². The Bertz CT molecular complexity index is 1080. The summed E-state index contributed by atoms with van der Waals surface area (Å²) in [6, 6.07) is 30.9. The first kappa shape index (κ1) is 31.2. The van der Waals surface area contributed by atoms with Gasteiger partial charge in [0.05, 0.1) is 0 Å². The molecule has 2 heterocycles. The minimum atomic E-state index is -0.931. The van der Waals surface area contributed by atoms with Crippen molar-refractivity contribution < 1.29 is 40.0 Å². The van der Waals surface area contributed by atoms with Gasteiger partial charge in [-0.05, 0) is 0 Å². The molecule has 0 saturated heterocycles. The average molecular weight is 728 g/mol. The molecule has 0 N–H and O–H groups in total. The molecule has 6 rings (SSSR count). The maximum atomic E-state index is 4.95. The first-order valence-electron chi connectivity index (χ1n) is 11.4. The number of fused-ring (bicyclic) bond motifs is 2. The third-order valence-corrected chi connectivity index (χ3v) is 11.3. The van der Waals surface area contributed by atoms with Crippen LogP contribution in [0.1, 0.15) is 32.8 Å². The van der Waals surface area contributed by atoms with Crippen molar-refractivity contribution in [2.45, 2.75) is 38.5 Å². The fourth-order valence-corrected chi connectivity index (χ4v) is 9.31. The number of rotatable bonds is 2. The molecular formula is C28H26Cl4Se2Zn. The molecule has 2 aromatic heterocycles. The van der Waals surface area contributed by atoms with Crippen LogP contribution in [0.15, 0.2) is 84.9 Å². The van der Waals surface area contributed by atoms with Gasteiger partial charge in [-0.1, -0.05) is 0 Å². The van der Waals surface area contributed by atoms with Gasteiger partial charge in [0, 0.05) is 0 Å². The van der Waals surface area contributed by atoms with Gasteiger partial charge in [0.1, 0.15) is 0 Å². The summed E-state index contributed by atoms with van der Waals surface area (Å²) in [5, 5.41) is 0. The van der Waals surface area contributed by atoms with Crippen molar-refractivity contribution in [3.63, 3.8) is 0 Å². The van der Waals surface area contributed by atoms with Crippen LogP contribution < -0.4 is 24.8 Å². The van der Waals surface area contributed by atoms with E-state index in [4.69, 9.17) is 19.4 Å². The molecule has 2 aliphatic rings. The number of halogens is 4. The molecule has 0 fully saturated rings. The minimum absolute atomic E-state index is 0. The molecule has 180 valence electrons. The Morgan fingerprint density at radius 1 is 0.514 bits per heavy atom. The van der Waals surface area contributed by atoms with Crippen LogP contribution in [-0.4, -0.2) is 29.0 Å². The second-order valence-electron chi connectivity index (χ2n) is 8.04. The van der Waals surface area contributed by atoms with E-state index >= 15 is 0 Å². The van der Waals surface area contributed by atoms with Gasteiger partial charge in [0.15, 0.2) is 0 Å². The molecular weight excluding hydrogens is 701 g/mol. The fraction of sp³-hybridized carbons (Fsp3) is 0.214. The molecule has 0 spiro atoms. The summed E-state index contributed by atoms with van der Waals surface area (Å²) in [5.41, 5.74) is 6.09. The van der Waals surface area contributed by atoms with Crippen LogP contribution in [0, 0.1) is 0 Å². The summed E-state index contributed by atoms with van der Waals surface area (Å²) in [7, 11) is 9.90. The summed E-state index contributed by atoms with van der Waals surface area (Å²) in [5.74, 6) is 0. The van der Waals surface area contributed by atoms with Crippen molar-refractivity contribution >= 4 is 48.4 Å². The molecule has 2 aliphatic carbocycles. The van der Waals surface area contributed by atoms with E-state index in [1.807, 2.05) is 0 Å². The van der Waals surface area contributed by atoms with E-state index in [1.54, 1.807) is 28.9 Å². The quantitative estimate of drug-likeness (QED) is 0.277. The number of benzene rings is 2. The maximum absolute atomic E-state index is 4.95. The number of aryl methyl sites for hydroxylation is 4. The van der Waals surface area contributed by atoms with Crippen LogP contribution in [0.2, 0.25) is 0 Å². The average Bonchev–Trinajstić information content (AvgIpc) is 3.54. The molecule has 0 aliphatic heterocycles. The summed E-state index contributed by atoms with van der Waals surface area (Å²) < 4.78 is 6.57. The Labute approximate surface area is 249 Å². The predicted molar refractivity (Wildman–Crippen MR) is 142 cm³/mol. The molecule has 0 unspecified atom stereocenters. The van der Waals surface area contributed by atoms with E-state index in [0.29, 0.717) is 29.0 Å². The molecule has 0 nitrogen and oxygen atoms in total. The van der Waals surface area contributed by atoms with E-state index in [9.17, 15) is 0 Å². The van der Waals surface area contributed by atoms with E-state index in [-0.39, 0.29) is 24.8 Å². The molecule has 0 bridgehead atoms. The SMILES string of the molecule is [Cl-].[Cl-].[Cl][Zn][Cl].c1ccc(-c2ccc3c([se+]2)CCC3)cc1.c1ccc(-c2ccc3c([se+]2)CCC3)cc1. The summed E-state index contributed by atoms with van der Waals surface area (Å²) in [6.45, 7) is 0. The van der Waals surface area contributed by atoms with Crippen LogP contribution in [0.3, 0.4) is 0 Å². The van der Waals surface area contributed by atoms with Gasteiger partial charge in [0.25, 0.3) is 0 Å². The monoisotopic (exact) mass is 726 g/mol. The standard InChI is InChI=1S/2C14H13Se.4ClH.Zn/c2*1-2-5-11(6-3-1)14-10-9-12-7-4-8-13(12)15-14;;;;;/h2*1-3,5-6,9-10H,4,7-8H2;4*1H;/q2*+1;;;;;+2/p-4. The van der Waals surface area contributed by atoms with Crippen LogP contribution in [0.5, 0.6) is 0 Å². The summed E-state index contributed by atoms with van der Waals surface area (Å²) in [6.07, 6.45) is 8.06. The van der Waals surface area contributed by atoms with Crippen molar-refractivity contribution in [3.8, 4) is 20.0 Å². The Morgan fingerprint density at radius 2 is 0.886 bits per heavy atom. The third kappa shape index (κ3) is 9.04. The zero-order valence-corrected chi connectivity index (χ0v) is 28.8. The van der Waals surface area contributed by atoms with Crippen LogP contribution >= 0.6 is 19.4 Å². The molecule has 0 radical (unpaired) electrons. The molecule has 0 atom stereocenters. The summed E-state index contributed by atoms with van der Waals surface area (Å²) >= 11 is 0.240. The molecule has 2 aromatic carbocycles. The van der Waals surface area contributed by atoms with E-state index in [0.717, 1.165) is 0 Å². The van der Waals surface area contributed by atoms with Crippen molar-refractivity contribution in [1.82, 2.24) is 0 Å². The second-order valence-corrected chi connectivity index (χ2v) is 17.4.